The molecule has 1 aliphatic heterocycles. The minimum absolute atomic E-state index is 0.00565. The van der Waals surface area contributed by atoms with Crippen molar-refractivity contribution in [3.8, 4) is 6.07 Å². The lowest BCUT2D eigenvalue weighted by atomic mass is 10.0. The van der Waals surface area contributed by atoms with E-state index < -0.39 is 11.7 Å². The molecule has 20 heavy (non-hydrogen) atoms. The molecule has 3 nitrogen and oxygen atoms in total. The Hall–Kier alpha value is -1.74. The minimum Gasteiger partial charge on any atom is -0.382 e. The predicted octanol–water partition coefficient (Wildman–Crippen LogP) is 3.08. The first kappa shape index (κ1) is 14.7. The molecule has 1 aromatic rings. The summed E-state index contributed by atoms with van der Waals surface area (Å²) in [5, 5.41) is 11.8. The van der Waals surface area contributed by atoms with Gasteiger partial charge in [0.2, 0.25) is 0 Å². The highest BCUT2D eigenvalue weighted by Crippen LogP contribution is 2.36. The number of nitrogens with zero attached hydrogens (tertiary/aromatic N) is 2. The number of hydrogen-bond acceptors (Lipinski definition) is 3. The highest BCUT2D eigenvalue weighted by Gasteiger charge is 2.34. The average molecular weight is 283 g/mol. The number of nitriles is 1. The number of anilines is 1. The van der Waals surface area contributed by atoms with Gasteiger partial charge in [0.1, 0.15) is 0 Å². The molecule has 0 amide bonds. The van der Waals surface area contributed by atoms with Crippen LogP contribution >= 0.6 is 0 Å². The zero-order valence-corrected chi connectivity index (χ0v) is 11.2. The third kappa shape index (κ3) is 3.42. The summed E-state index contributed by atoms with van der Waals surface area (Å²) in [5.74, 6) is 0. The van der Waals surface area contributed by atoms with Crippen molar-refractivity contribution in [2.75, 3.05) is 25.5 Å². The van der Waals surface area contributed by atoms with Crippen LogP contribution in [0.3, 0.4) is 0 Å². The van der Waals surface area contributed by atoms with E-state index in [9.17, 15) is 13.2 Å². The molecule has 0 atom stereocenters. The highest BCUT2D eigenvalue weighted by atomic mass is 19.4. The summed E-state index contributed by atoms with van der Waals surface area (Å²) in [6.45, 7) is 1.72. The van der Waals surface area contributed by atoms with Gasteiger partial charge in [0.05, 0.1) is 17.2 Å². The van der Waals surface area contributed by atoms with Crippen LogP contribution in [0.1, 0.15) is 24.0 Å². The van der Waals surface area contributed by atoms with Crippen molar-refractivity contribution >= 4 is 5.69 Å². The Balaban J connectivity index is 2.22. The van der Waals surface area contributed by atoms with E-state index in [1.54, 1.807) is 0 Å². The maximum Gasteiger partial charge on any atom is 0.418 e. The van der Waals surface area contributed by atoms with E-state index in [1.807, 2.05) is 13.1 Å². The Morgan fingerprint density at radius 2 is 1.95 bits per heavy atom. The monoisotopic (exact) mass is 283 g/mol. The molecule has 1 aromatic carbocycles. The molecule has 1 fully saturated rings. The largest absolute Gasteiger partial charge is 0.418 e. The fourth-order valence-electron chi connectivity index (χ4n) is 2.35. The van der Waals surface area contributed by atoms with Gasteiger partial charge in [0, 0.05) is 11.7 Å². The standard InChI is InChI=1S/C14H16F3N3/c1-20-6-4-11(5-7-20)19-13-8-10(9-18)2-3-12(13)14(15,16)17/h2-3,8,11,19H,4-7H2,1H3. The van der Waals surface area contributed by atoms with Crippen LogP contribution in [0, 0.1) is 11.3 Å². The van der Waals surface area contributed by atoms with Crippen LogP contribution in [0.25, 0.3) is 0 Å². The molecule has 108 valence electrons. The van der Waals surface area contributed by atoms with Crippen molar-refractivity contribution in [2.24, 2.45) is 0 Å². The van der Waals surface area contributed by atoms with E-state index >= 15 is 0 Å². The molecule has 0 bridgehead atoms. The lowest BCUT2D eigenvalue weighted by Gasteiger charge is -2.31. The number of benzene rings is 1. The normalized spacial score (nSPS) is 17.8. The molecule has 0 spiro atoms. The van der Waals surface area contributed by atoms with Crippen LogP contribution in [0.15, 0.2) is 18.2 Å². The average Bonchev–Trinajstić information content (AvgIpc) is 2.40. The lowest BCUT2D eigenvalue weighted by molar-refractivity contribution is -0.137. The van der Waals surface area contributed by atoms with Gasteiger partial charge in [-0.15, -0.1) is 0 Å². The molecule has 0 aliphatic carbocycles. The van der Waals surface area contributed by atoms with Crippen LogP contribution in [-0.2, 0) is 6.18 Å². The van der Waals surface area contributed by atoms with Crippen molar-refractivity contribution in [3.05, 3.63) is 29.3 Å². The molecule has 0 saturated carbocycles. The van der Waals surface area contributed by atoms with Crippen molar-refractivity contribution in [2.45, 2.75) is 25.1 Å². The molecular weight excluding hydrogens is 267 g/mol. The van der Waals surface area contributed by atoms with Gasteiger partial charge >= 0.3 is 6.18 Å². The Bertz CT molecular complexity index is 511. The number of halogens is 3. The second-order valence-electron chi connectivity index (χ2n) is 5.09. The SMILES string of the molecule is CN1CCC(Nc2cc(C#N)ccc2C(F)(F)F)CC1. The maximum atomic E-state index is 13.0. The molecule has 1 saturated heterocycles. The zero-order valence-electron chi connectivity index (χ0n) is 11.2. The summed E-state index contributed by atoms with van der Waals surface area (Å²) in [6, 6.07) is 5.33. The van der Waals surface area contributed by atoms with Gasteiger partial charge in [-0.1, -0.05) is 0 Å². The van der Waals surface area contributed by atoms with E-state index in [2.05, 4.69) is 10.2 Å². The highest BCUT2D eigenvalue weighted by molar-refractivity contribution is 5.57. The summed E-state index contributed by atoms with van der Waals surface area (Å²) < 4.78 is 38.9. The molecule has 2 rings (SSSR count). The molecule has 1 N–H and O–H groups in total. The van der Waals surface area contributed by atoms with Crippen molar-refractivity contribution in [3.63, 3.8) is 0 Å². The molecule has 0 aromatic heterocycles. The summed E-state index contributed by atoms with van der Waals surface area (Å²) >= 11 is 0. The molecular formula is C14H16F3N3. The van der Waals surface area contributed by atoms with E-state index in [-0.39, 0.29) is 17.3 Å². The number of likely N-dealkylation sites (tertiary alicyclic amines) is 1. The Kier molecular flexibility index (Phi) is 4.19. The Morgan fingerprint density at radius 3 is 2.50 bits per heavy atom. The first-order valence-electron chi connectivity index (χ1n) is 6.46. The molecule has 0 unspecified atom stereocenters. The lowest BCUT2D eigenvalue weighted by Crippen LogP contribution is -2.37. The Morgan fingerprint density at radius 1 is 1.30 bits per heavy atom. The van der Waals surface area contributed by atoms with Gasteiger partial charge in [0.25, 0.3) is 0 Å². The fraction of sp³-hybridized carbons (Fsp3) is 0.500. The van der Waals surface area contributed by atoms with Crippen LogP contribution in [-0.4, -0.2) is 31.1 Å². The Labute approximate surface area is 116 Å². The van der Waals surface area contributed by atoms with E-state index in [4.69, 9.17) is 5.26 Å². The number of nitrogens with one attached hydrogen (secondary N) is 1. The zero-order chi connectivity index (χ0) is 14.8. The second kappa shape index (κ2) is 5.71. The minimum atomic E-state index is -4.41. The van der Waals surface area contributed by atoms with E-state index in [1.165, 1.54) is 12.1 Å². The molecule has 1 heterocycles. The predicted molar refractivity (Wildman–Crippen MR) is 70.3 cm³/mol. The van der Waals surface area contributed by atoms with Crippen LogP contribution in [0.5, 0.6) is 0 Å². The fourth-order valence-corrected chi connectivity index (χ4v) is 2.35. The van der Waals surface area contributed by atoms with Gasteiger partial charge < -0.3 is 10.2 Å². The number of hydrogen-bond donors (Lipinski definition) is 1. The summed E-state index contributed by atoms with van der Waals surface area (Å²) in [6.07, 6.45) is -2.82. The number of piperidine rings is 1. The van der Waals surface area contributed by atoms with Crippen LogP contribution < -0.4 is 5.32 Å². The van der Waals surface area contributed by atoms with Crippen LogP contribution in [0.4, 0.5) is 18.9 Å². The summed E-state index contributed by atoms with van der Waals surface area (Å²) in [7, 11) is 1.99. The summed E-state index contributed by atoms with van der Waals surface area (Å²) in [4.78, 5) is 2.15. The number of alkyl halides is 3. The van der Waals surface area contributed by atoms with Gasteiger partial charge in [-0.05, 0) is 51.2 Å². The van der Waals surface area contributed by atoms with Crippen molar-refractivity contribution in [1.29, 1.82) is 5.26 Å². The summed E-state index contributed by atoms with van der Waals surface area (Å²) in [5.41, 5.74) is -0.477. The third-order valence-electron chi connectivity index (χ3n) is 3.53. The van der Waals surface area contributed by atoms with Gasteiger partial charge in [-0.3, -0.25) is 0 Å². The van der Waals surface area contributed by atoms with Crippen molar-refractivity contribution < 1.29 is 13.2 Å². The molecule has 1 aliphatic rings. The first-order chi connectivity index (χ1) is 9.40. The topological polar surface area (TPSA) is 39.1 Å². The molecule has 6 heteroatoms. The van der Waals surface area contributed by atoms with Gasteiger partial charge in [0.15, 0.2) is 0 Å². The molecule has 0 radical (unpaired) electrons. The van der Waals surface area contributed by atoms with Gasteiger partial charge in [-0.2, -0.15) is 18.4 Å². The van der Waals surface area contributed by atoms with Gasteiger partial charge in [-0.25, -0.2) is 0 Å². The second-order valence-corrected chi connectivity index (χ2v) is 5.09. The number of rotatable bonds is 2. The first-order valence-corrected chi connectivity index (χ1v) is 6.46. The quantitative estimate of drug-likeness (QED) is 0.906. The third-order valence-corrected chi connectivity index (χ3v) is 3.53. The van der Waals surface area contributed by atoms with Crippen molar-refractivity contribution in [1.82, 2.24) is 4.90 Å². The maximum absolute atomic E-state index is 13.0. The van der Waals surface area contributed by atoms with Crippen LogP contribution in [0.2, 0.25) is 0 Å². The van der Waals surface area contributed by atoms with E-state index in [0.29, 0.717) is 0 Å². The van der Waals surface area contributed by atoms with E-state index in [0.717, 1.165) is 32.0 Å². The smallest absolute Gasteiger partial charge is 0.382 e.